The zero-order valence-corrected chi connectivity index (χ0v) is 10.4. The summed E-state index contributed by atoms with van der Waals surface area (Å²) in [7, 11) is 0. The van der Waals surface area contributed by atoms with Crippen LogP contribution in [0.4, 0.5) is 5.82 Å². The molecular formula is C13H14ClN3. The molecule has 2 heterocycles. The van der Waals surface area contributed by atoms with Crippen LogP contribution in [0.1, 0.15) is 23.7 Å². The molecule has 2 aromatic rings. The highest BCUT2D eigenvalue weighted by Gasteiger charge is 2.04. The Kier molecular flexibility index (Phi) is 3.59. The van der Waals surface area contributed by atoms with Gasteiger partial charge in [0.1, 0.15) is 5.82 Å². The molecule has 4 heteroatoms. The van der Waals surface area contributed by atoms with Gasteiger partial charge in [-0.2, -0.15) is 0 Å². The third-order valence-electron chi connectivity index (χ3n) is 2.63. The average Bonchev–Trinajstić information content (AvgIpc) is 2.35. The van der Waals surface area contributed by atoms with Gasteiger partial charge in [0.05, 0.1) is 5.02 Å². The van der Waals surface area contributed by atoms with Crippen LogP contribution in [0.3, 0.4) is 0 Å². The fourth-order valence-corrected chi connectivity index (χ4v) is 1.78. The second kappa shape index (κ2) is 5.15. The first-order chi connectivity index (χ1) is 8.19. The molecule has 0 saturated heterocycles. The lowest BCUT2D eigenvalue weighted by Gasteiger charge is -2.05. The molecule has 0 radical (unpaired) electrons. The Morgan fingerprint density at radius 2 is 2.06 bits per heavy atom. The van der Waals surface area contributed by atoms with E-state index < -0.39 is 0 Å². The number of halogens is 1. The Morgan fingerprint density at radius 1 is 1.24 bits per heavy atom. The molecule has 88 valence electrons. The molecule has 0 spiro atoms. The third kappa shape index (κ3) is 2.94. The van der Waals surface area contributed by atoms with Crippen molar-refractivity contribution in [1.82, 2.24) is 9.97 Å². The van der Waals surface area contributed by atoms with Crippen molar-refractivity contribution in [2.45, 2.75) is 19.8 Å². The molecule has 0 aliphatic heterocycles. The maximum absolute atomic E-state index is 5.89. The van der Waals surface area contributed by atoms with Gasteiger partial charge in [-0.05, 0) is 24.1 Å². The predicted octanol–water partition coefficient (Wildman–Crippen LogP) is 2.87. The Bertz CT molecular complexity index is 509. The third-order valence-corrected chi connectivity index (χ3v) is 2.84. The average molecular weight is 248 g/mol. The largest absolute Gasteiger partial charge is 0.383 e. The minimum Gasteiger partial charge on any atom is -0.383 e. The molecular weight excluding hydrogens is 234 g/mol. The van der Waals surface area contributed by atoms with Gasteiger partial charge in [-0.1, -0.05) is 24.6 Å². The molecule has 0 aromatic carbocycles. The van der Waals surface area contributed by atoms with E-state index in [0.29, 0.717) is 17.3 Å². The zero-order chi connectivity index (χ0) is 12.3. The van der Waals surface area contributed by atoms with Crippen molar-refractivity contribution in [3.05, 3.63) is 52.4 Å². The van der Waals surface area contributed by atoms with Gasteiger partial charge in [0.2, 0.25) is 0 Å². The summed E-state index contributed by atoms with van der Waals surface area (Å²) in [6, 6.07) is 5.93. The number of rotatable bonds is 3. The lowest BCUT2D eigenvalue weighted by Crippen LogP contribution is -2.00. The van der Waals surface area contributed by atoms with Crippen molar-refractivity contribution >= 4 is 17.4 Å². The number of hydrogen-bond donors (Lipinski definition) is 1. The normalized spacial score (nSPS) is 10.5. The first-order valence-corrected chi connectivity index (χ1v) is 5.90. The number of aryl methyl sites for hydroxylation is 1. The number of nitrogens with zero attached hydrogens (tertiary/aromatic N) is 2. The molecule has 17 heavy (non-hydrogen) atoms. The monoisotopic (exact) mass is 247 g/mol. The molecule has 0 amide bonds. The number of anilines is 1. The molecule has 2 aromatic heterocycles. The first kappa shape index (κ1) is 11.9. The van der Waals surface area contributed by atoms with Crippen molar-refractivity contribution in [2.75, 3.05) is 5.73 Å². The topological polar surface area (TPSA) is 51.8 Å². The molecule has 0 atom stereocenters. The van der Waals surface area contributed by atoms with Crippen molar-refractivity contribution in [3.63, 3.8) is 0 Å². The minimum absolute atomic E-state index is 0.510. The highest BCUT2D eigenvalue weighted by molar-refractivity contribution is 6.30. The van der Waals surface area contributed by atoms with Gasteiger partial charge in [-0.15, -0.1) is 0 Å². The van der Waals surface area contributed by atoms with Gasteiger partial charge < -0.3 is 5.73 Å². The number of nitrogen functional groups attached to an aromatic ring is 1. The van der Waals surface area contributed by atoms with Crippen LogP contribution in [0, 0.1) is 0 Å². The van der Waals surface area contributed by atoms with Gasteiger partial charge in [0, 0.05) is 30.1 Å². The van der Waals surface area contributed by atoms with Crippen LogP contribution < -0.4 is 5.73 Å². The van der Waals surface area contributed by atoms with Gasteiger partial charge in [0.15, 0.2) is 0 Å². The number of pyridine rings is 2. The van der Waals surface area contributed by atoms with Crippen LogP contribution in [-0.4, -0.2) is 9.97 Å². The lowest BCUT2D eigenvalue weighted by molar-refractivity contribution is 1.02. The fourth-order valence-electron chi connectivity index (χ4n) is 1.60. The minimum atomic E-state index is 0.510. The number of hydrogen-bond acceptors (Lipinski definition) is 3. The van der Waals surface area contributed by atoms with E-state index in [4.69, 9.17) is 17.3 Å². The summed E-state index contributed by atoms with van der Waals surface area (Å²) in [5, 5.41) is 0.597. The molecule has 3 nitrogen and oxygen atoms in total. The van der Waals surface area contributed by atoms with E-state index in [1.807, 2.05) is 18.3 Å². The summed E-state index contributed by atoms with van der Waals surface area (Å²) < 4.78 is 0. The SMILES string of the molecule is CCc1ccc(Cc2cc(Cl)cnc2N)nc1. The van der Waals surface area contributed by atoms with Crippen LogP contribution in [0.15, 0.2) is 30.6 Å². The first-order valence-electron chi connectivity index (χ1n) is 5.52. The van der Waals surface area contributed by atoms with Gasteiger partial charge in [0.25, 0.3) is 0 Å². The van der Waals surface area contributed by atoms with E-state index in [0.717, 1.165) is 17.7 Å². The molecule has 0 aliphatic carbocycles. The van der Waals surface area contributed by atoms with Crippen molar-refractivity contribution < 1.29 is 0 Å². The quantitative estimate of drug-likeness (QED) is 0.907. The molecule has 0 bridgehead atoms. The fraction of sp³-hybridized carbons (Fsp3) is 0.231. The van der Waals surface area contributed by atoms with E-state index >= 15 is 0 Å². The molecule has 0 aliphatic rings. The maximum Gasteiger partial charge on any atom is 0.127 e. The smallest absolute Gasteiger partial charge is 0.127 e. The van der Waals surface area contributed by atoms with Crippen LogP contribution in [-0.2, 0) is 12.8 Å². The Balaban J connectivity index is 2.22. The van der Waals surface area contributed by atoms with Crippen LogP contribution in [0.5, 0.6) is 0 Å². The highest BCUT2D eigenvalue weighted by Crippen LogP contribution is 2.17. The van der Waals surface area contributed by atoms with Gasteiger partial charge in [-0.25, -0.2) is 4.98 Å². The lowest BCUT2D eigenvalue weighted by atomic mass is 10.1. The second-order valence-corrected chi connectivity index (χ2v) is 4.32. The second-order valence-electron chi connectivity index (χ2n) is 3.89. The van der Waals surface area contributed by atoms with E-state index in [9.17, 15) is 0 Å². The van der Waals surface area contributed by atoms with Crippen LogP contribution in [0.2, 0.25) is 5.02 Å². The summed E-state index contributed by atoms with van der Waals surface area (Å²) in [5.74, 6) is 0.510. The molecule has 0 fully saturated rings. The van der Waals surface area contributed by atoms with Gasteiger partial charge >= 0.3 is 0 Å². The molecule has 2 rings (SSSR count). The molecule has 0 saturated carbocycles. The van der Waals surface area contributed by atoms with Crippen molar-refractivity contribution in [2.24, 2.45) is 0 Å². The summed E-state index contributed by atoms with van der Waals surface area (Å²) in [6.45, 7) is 2.11. The van der Waals surface area contributed by atoms with E-state index in [1.165, 1.54) is 5.56 Å². The zero-order valence-electron chi connectivity index (χ0n) is 9.65. The van der Waals surface area contributed by atoms with E-state index in [1.54, 1.807) is 6.20 Å². The highest BCUT2D eigenvalue weighted by atomic mass is 35.5. The Hall–Kier alpha value is -1.61. The molecule has 2 N–H and O–H groups in total. The predicted molar refractivity (Wildman–Crippen MR) is 70.1 cm³/mol. The van der Waals surface area contributed by atoms with Crippen molar-refractivity contribution in [3.8, 4) is 0 Å². The summed E-state index contributed by atoms with van der Waals surface area (Å²) in [6.07, 6.45) is 5.09. The van der Waals surface area contributed by atoms with Crippen molar-refractivity contribution in [1.29, 1.82) is 0 Å². The Labute approximate surface area is 106 Å². The summed E-state index contributed by atoms with van der Waals surface area (Å²) >= 11 is 5.89. The number of aromatic nitrogens is 2. The molecule has 0 unspecified atom stereocenters. The summed E-state index contributed by atoms with van der Waals surface area (Å²) in [5.41, 5.74) is 8.91. The maximum atomic E-state index is 5.89. The number of nitrogens with two attached hydrogens (primary N) is 1. The van der Waals surface area contributed by atoms with Crippen LogP contribution in [0.25, 0.3) is 0 Å². The summed E-state index contributed by atoms with van der Waals surface area (Å²) in [4.78, 5) is 8.42. The van der Waals surface area contributed by atoms with Gasteiger partial charge in [-0.3, -0.25) is 4.98 Å². The van der Waals surface area contributed by atoms with E-state index in [2.05, 4.69) is 23.0 Å². The standard InChI is InChI=1S/C13H14ClN3/c1-2-9-3-4-12(16-7-9)6-10-5-11(14)8-17-13(10)15/h3-5,7-8H,2,6H2,1H3,(H2,15,17). The van der Waals surface area contributed by atoms with E-state index in [-0.39, 0.29) is 0 Å². The van der Waals surface area contributed by atoms with Crippen LogP contribution >= 0.6 is 11.6 Å². The Morgan fingerprint density at radius 3 is 2.71 bits per heavy atom.